The van der Waals surface area contributed by atoms with Crippen molar-refractivity contribution in [3.05, 3.63) is 30.1 Å². The standard InChI is InChI=1S/C27H38N8O2/c1-19(2)33-11-13-34(14-12-33)23-7-8-24(29-17-23)31-27-30-16-21(15-20-9-10-28-26(20)37)25(32-27)35(18-36)22-5-3-4-6-22/h7-8,16-20,22H,3-6,9-15H2,1-2H3,(H,28,37)(H,29,30,31,32)/t20-/m0/s1. The summed E-state index contributed by atoms with van der Waals surface area (Å²) in [5.41, 5.74) is 1.93. The predicted molar refractivity (Wildman–Crippen MR) is 144 cm³/mol. The molecule has 2 aromatic heterocycles. The second-order valence-electron chi connectivity index (χ2n) is 10.6. The summed E-state index contributed by atoms with van der Waals surface area (Å²) < 4.78 is 0. The maximum absolute atomic E-state index is 12.2. The molecule has 10 heteroatoms. The van der Waals surface area contributed by atoms with Gasteiger partial charge in [-0.2, -0.15) is 4.98 Å². The lowest BCUT2D eigenvalue weighted by Crippen LogP contribution is -2.48. The normalized spacial score (nSPS) is 20.9. The fraction of sp³-hybridized carbons (Fsp3) is 0.593. The molecule has 1 saturated carbocycles. The Balaban J connectivity index is 1.32. The average molecular weight is 507 g/mol. The third-order valence-corrected chi connectivity index (χ3v) is 7.94. The first-order chi connectivity index (χ1) is 18.0. The summed E-state index contributed by atoms with van der Waals surface area (Å²) in [4.78, 5) is 44.9. The number of amides is 2. The molecule has 2 aliphatic heterocycles. The number of piperazine rings is 1. The van der Waals surface area contributed by atoms with Crippen LogP contribution in [0, 0.1) is 5.92 Å². The van der Waals surface area contributed by atoms with Gasteiger partial charge in [0.2, 0.25) is 18.3 Å². The summed E-state index contributed by atoms with van der Waals surface area (Å²) in [6.45, 7) is 9.25. The molecule has 1 aliphatic carbocycles. The van der Waals surface area contributed by atoms with E-state index in [4.69, 9.17) is 4.98 Å². The molecule has 37 heavy (non-hydrogen) atoms. The molecule has 2 N–H and O–H groups in total. The van der Waals surface area contributed by atoms with Gasteiger partial charge in [-0.1, -0.05) is 12.8 Å². The molecule has 2 saturated heterocycles. The SMILES string of the molecule is CC(C)N1CCN(c2ccc(Nc3ncc(C[C@@H]4CCNC4=O)c(N(C=O)C4CCCC4)n3)nc2)CC1. The number of aromatic nitrogens is 3. The van der Waals surface area contributed by atoms with Crippen molar-refractivity contribution in [3.8, 4) is 0 Å². The van der Waals surface area contributed by atoms with Crippen molar-refractivity contribution >= 4 is 35.6 Å². The van der Waals surface area contributed by atoms with Crippen LogP contribution in [0.5, 0.6) is 0 Å². The average Bonchev–Trinajstić information content (AvgIpc) is 3.59. The molecule has 1 atom stereocenters. The van der Waals surface area contributed by atoms with Crippen molar-refractivity contribution in [1.82, 2.24) is 25.2 Å². The van der Waals surface area contributed by atoms with Crippen molar-refractivity contribution in [1.29, 1.82) is 0 Å². The molecular weight excluding hydrogens is 468 g/mol. The van der Waals surface area contributed by atoms with E-state index in [0.29, 0.717) is 36.6 Å². The molecule has 3 aliphatic rings. The number of carbonyl (C=O) groups is 2. The third-order valence-electron chi connectivity index (χ3n) is 7.94. The highest BCUT2D eigenvalue weighted by molar-refractivity contribution is 5.82. The number of nitrogens with zero attached hydrogens (tertiary/aromatic N) is 6. The van der Waals surface area contributed by atoms with E-state index >= 15 is 0 Å². The van der Waals surface area contributed by atoms with E-state index in [1.165, 1.54) is 0 Å². The predicted octanol–water partition coefficient (Wildman–Crippen LogP) is 2.73. The minimum absolute atomic E-state index is 0.0570. The van der Waals surface area contributed by atoms with Crippen LogP contribution in [0.4, 0.5) is 23.3 Å². The van der Waals surface area contributed by atoms with Crippen LogP contribution in [-0.2, 0) is 16.0 Å². The summed E-state index contributed by atoms with van der Waals surface area (Å²) in [5.74, 6) is 1.58. The van der Waals surface area contributed by atoms with Crippen molar-refractivity contribution < 1.29 is 9.59 Å². The number of rotatable bonds is 9. The number of hydrogen-bond acceptors (Lipinski definition) is 8. The second-order valence-corrected chi connectivity index (χ2v) is 10.6. The molecule has 3 fully saturated rings. The van der Waals surface area contributed by atoms with Gasteiger partial charge in [-0.3, -0.25) is 19.4 Å². The van der Waals surface area contributed by atoms with Gasteiger partial charge in [0, 0.05) is 62.5 Å². The molecule has 10 nitrogen and oxygen atoms in total. The largest absolute Gasteiger partial charge is 0.368 e. The lowest BCUT2D eigenvalue weighted by atomic mass is 9.99. The molecule has 0 bridgehead atoms. The fourth-order valence-electron chi connectivity index (χ4n) is 5.68. The van der Waals surface area contributed by atoms with Crippen LogP contribution in [0.2, 0.25) is 0 Å². The van der Waals surface area contributed by atoms with Gasteiger partial charge in [0.05, 0.1) is 11.9 Å². The zero-order valence-corrected chi connectivity index (χ0v) is 21.9. The van der Waals surface area contributed by atoms with Crippen LogP contribution in [0.1, 0.15) is 51.5 Å². The Labute approximate surface area is 218 Å². The Bertz CT molecular complexity index is 1080. The Morgan fingerprint density at radius 1 is 1.11 bits per heavy atom. The van der Waals surface area contributed by atoms with Crippen LogP contribution in [0.3, 0.4) is 0 Å². The van der Waals surface area contributed by atoms with Crippen molar-refractivity contribution in [2.75, 3.05) is 47.8 Å². The van der Waals surface area contributed by atoms with Crippen LogP contribution < -0.4 is 20.4 Å². The molecule has 2 amide bonds. The van der Waals surface area contributed by atoms with Crippen LogP contribution in [0.15, 0.2) is 24.5 Å². The molecular formula is C27H38N8O2. The lowest BCUT2D eigenvalue weighted by molar-refractivity contribution is -0.122. The second kappa shape index (κ2) is 11.4. The Hall–Kier alpha value is -3.27. The highest BCUT2D eigenvalue weighted by atomic mass is 16.2. The van der Waals surface area contributed by atoms with Crippen LogP contribution in [-0.4, -0.2) is 77.0 Å². The summed E-state index contributed by atoms with van der Waals surface area (Å²) in [7, 11) is 0. The van der Waals surface area contributed by atoms with Gasteiger partial charge >= 0.3 is 0 Å². The van der Waals surface area contributed by atoms with E-state index < -0.39 is 0 Å². The van der Waals surface area contributed by atoms with Crippen LogP contribution >= 0.6 is 0 Å². The first kappa shape index (κ1) is 25.4. The smallest absolute Gasteiger partial charge is 0.230 e. The van der Waals surface area contributed by atoms with E-state index in [2.05, 4.69) is 50.3 Å². The highest BCUT2D eigenvalue weighted by Crippen LogP contribution is 2.31. The van der Waals surface area contributed by atoms with Gasteiger partial charge in [0.15, 0.2) is 0 Å². The van der Waals surface area contributed by atoms with Gasteiger partial charge in [-0.15, -0.1) is 0 Å². The molecule has 198 valence electrons. The summed E-state index contributed by atoms with van der Waals surface area (Å²) in [6, 6.07) is 4.72. The number of carbonyl (C=O) groups excluding carboxylic acids is 2. The van der Waals surface area contributed by atoms with E-state index in [0.717, 1.165) is 75.9 Å². The van der Waals surface area contributed by atoms with Gasteiger partial charge in [0.1, 0.15) is 11.6 Å². The number of nitrogens with one attached hydrogen (secondary N) is 2. The maximum Gasteiger partial charge on any atom is 0.230 e. The Kier molecular flexibility index (Phi) is 7.83. The van der Waals surface area contributed by atoms with Gasteiger partial charge < -0.3 is 15.5 Å². The van der Waals surface area contributed by atoms with E-state index in [1.807, 2.05) is 12.3 Å². The first-order valence-electron chi connectivity index (χ1n) is 13.6. The highest BCUT2D eigenvalue weighted by Gasteiger charge is 2.30. The van der Waals surface area contributed by atoms with E-state index in [1.54, 1.807) is 11.1 Å². The van der Waals surface area contributed by atoms with Crippen molar-refractivity contribution in [2.24, 2.45) is 5.92 Å². The number of anilines is 4. The molecule has 5 rings (SSSR count). The Morgan fingerprint density at radius 3 is 2.51 bits per heavy atom. The zero-order valence-electron chi connectivity index (χ0n) is 21.9. The van der Waals surface area contributed by atoms with Crippen LogP contribution in [0.25, 0.3) is 0 Å². The minimum Gasteiger partial charge on any atom is -0.368 e. The molecule has 0 aromatic carbocycles. The van der Waals surface area contributed by atoms with E-state index in [9.17, 15) is 9.59 Å². The number of pyridine rings is 1. The summed E-state index contributed by atoms with van der Waals surface area (Å²) in [6.07, 6.45) is 9.96. The maximum atomic E-state index is 12.2. The van der Waals surface area contributed by atoms with Gasteiger partial charge in [0.25, 0.3) is 0 Å². The zero-order chi connectivity index (χ0) is 25.8. The number of hydrogen-bond donors (Lipinski definition) is 2. The third kappa shape index (κ3) is 5.84. The fourth-order valence-corrected chi connectivity index (χ4v) is 5.68. The van der Waals surface area contributed by atoms with Gasteiger partial charge in [-0.05, 0) is 51.7 Å². The topological polar surface area (TPSA) is 107 Å². The summed E-state index contributed by atoms with van der Waals surface area (Å²) >= 11 is 0. The summed E-state index contributed by atoms with van der Waals surface area (Å²) in [5, 5.41) is 6.11. The van der Waals surface area contributed by atoms with Crippen molar-refractivity contribution in [2.45, 2.75) is 64.5 Å². The minimum atomic E-state index is -0.116. The molecule has 0 spiro atoms. The first-order valence-corrected chi connectivity index (χ1v) is 13.6. The monoisotopic (exact) mass is 506 g/mol. The lowest BCUT2D eigenvalue weighted by Gasteiger charge is -2.38. The molecule has 0 unspecified atom stereocenters. The quantitative estimate of drug-likeness (QED) is 0.500. The molecule has 0 radical (unpaired) electrons. The van der Waals surface area contributed by atoms with E-state index in [-0.39, 0.29) is 17.9 Å². The molecule has 2 aromatic rings. The van der Waals surface area contributed by atoms with Crippen molar-refractivity contribution in [3.63, 3.8) is 0 Å². The Morgan fingerprint density at radius 2 is 1.89 bits per heavy atom. The van der Waals surface area contributed by atoms with Gasteiger partial charge in [-0.25, -0.2) is 9.97 Å². The molecule has 4 heterocycles.